The van der Waals surface area contributed by atoms with Crippen molar-refractivity contribution in [2.24, 2.45) is 0 Å². The number of amides is 1. The molecule has 0 atom stereocenters. The van der Waals surface area contributed by atoms with Gasteiger partial charge in [0.15, 0.2) is 6.61 Å². The number of hydrogen-bond donors (Lipinski definition) is 0. The Labute approximate surface area is 145 Å². The highest BCUT2D eigenvalue weighted by atomic mass is 16.6. The first kappa shape index (κ1) is 18.1. The number of ether oxygens (including phenoxy) is 1. The minimum absolute atomic E-state index is 0.0378. The lowest BCUT2D eigenvalue weighted by Crippen LogP contribution is -2.30. The number of likely N-dealkylation sites (N-methyl/N-ethyl adjacent to an activating group) is 1. The number of rotatable bonds is 6. The van der Waals surface area contributed by atoms with E-state index in [4.69, 9.17) is 4.74 Å². The van der Waals surface area contributed by atoms with Crippen molar-refractivity contribution < 1.29 is 19.2 Å². The van der Waals surface area contributed by atoms with Crippen LogP contribution in [0.5, 0.6) is 0 Å². The molecule has 130 valence electrons. The highest BCUT2D eigenvalue weighted by molar-refractivity contribution is 5.92. The van der Waals surface area contributed by atoms with E-state index in [2.05, 4.69) is 0 Å². The summed E-state index contributed by atoms with van der Waals surface area (Å²) in [5.74, 6) is -1.14. The van der Waals surface area contributed by atoms with E-state index in [1.807, 2.05) is 30.3 Å². The zero-order chi connectivity index (χ0) is 18.4. The standard InChI is InChI=1S/C18H18N2O5/c1-13-8-9-15(10-16(13)20(23)24)18(22)25-12-17(21)19(2)11-14-6-4-3-5-7-14/h3-10H,11-12H2,1-2H3. The number of aryl methyl sites for hydroxylation is 1. The summed E-state index contributed by atoms with van der Waals surface area (Å²) in [5, 5.41) is 10.9. The summed E-state index contributed by atoms with van der Waals surface area (Å²) in [6.45, 7) is 1.55. The molecule has 0 fully saturated rings. The third-order valence-corrected chi connectivity index (χ3v) is 3.66. The van der Waals surface area contributed by atoms with Crippen LogP contribution in [0.1, 0.15) is 21.5 Å². The Morgan fingerprint density at radius 2 is 1.84 bits per heavy atom. The van der Waals surface area contributed by atoms with Crippen molar-refractivity contribution in [3.63, 3.8) is 0 Å². The predicted octanol–water partition coefficient (Wildman–Crippen LogP) is 2.72. The van der Waals surface area contributed by atoms with Gasteiger partial charge in [0.05, 0.1) is 10.5 Å². The Morgan fingerprint density at radius 1 is 1.16 bits per heavy atom. The smallest absolute Gasteiger partial charge is 0.338 e. The van der Waals surface area contributed by atoms with E-state index in [-0.39, 0.29) is 17.2 Å². The van der Waals surface area contributed by atoms with Gasteiger partial charge >= 0.3 is 5.97 Å². The molecule has 2 aromatic rings. The van der Waals surface area contributed by atoms with E-state index >= 15 is 0 Å². The Kier molecular flexibility index (Phi) is 5.84. The molecule has 0 saturated carbocycles. The van der Waals surface area contributed by atoms with Crippen LogP contribution in [0.4, 0.5) is 5.69 Å². The monoisotopic (exact) mass is 342 g/mol. The number of carbonyl (C=O) groups excluding carboxylic acids is 2. The third-order valence-electron chi connectivity index (χ3n) is 3.66. The minimum atomic E-state index is -0.774. The van der Waals surface area contributed by atoms with Gasteiger partial charge in [-0.05, 0) is 18.6 Å². The first-order chi connectivity index (χ1) is 11.9. The first-order valence-electron chi connectivity index (χ1n) is 7.58. The maximum atomic E-state index is 12.1. The number of nitro benzene ring substituents is 1. The van der Waals surface area contributed by atoms with E-state index in [0.717, 1.165) is 11.6 Å². The van der Waals surface area contributed by atoms with Gasteiger partial charge in [-0.1, -0.05) is 36.4 Å². The molecule has 0 heterocycles. The molecule has 0 bridgehead atoms. The number of nitrogens with zero attached hydrogens (tertiary/aromatic N) is 2. The van der Waals surface area contributed by atoms with Crippen molar-refractivity contribution in [1.29, 1.82) is 0 Å². The zero-order valence-electron chi connectivity index (χ0n) is 14.0. The zero-order valence-corrected chi connectivity index (χ0v) is 14.0. The Bertz CT molecular complexity index is 789. The summed E-state index contributed by atoms with van der Waals surface area (Å²) in [4.78, 5) is 35.9. The van der Waals surface area contributed by atoms with Crippen molar-refractivity contribution >= 4 is 17.6 Å². The van der Waals surface area contributed by atoms with Gasteiger partial charge in [-0.15, -0.1) is 0 Å². The molecule has 0 spiro atoms. The van der Waals surface area contributed by atoms with Crippen LogP contribution in [0.2, 0.25) is 0 Å². The lowest BCUT2D eigenvalue weighted by Gasteiger charge is -2.17. The molecule has 0 unspecified atom stereocenters. The van der Waals surface area contributed by atoms with Crippen LogP contribution in [0.15, 0.2) is 48.5 Å². The number of esters is 1. The van der Waals surface area contributed by atoms with E-state index in [9.17, 15) is 19.7 Å². The normalized spacial score (nSPS) is 10.2. The quantitative estimate of drug-likeness (QED) is 0.457. The van der Waals surface area contributed by atoms with Crippen molar-refractivity contribution in [3.8, 4) is 0 Å². The second-order valence-corrected chi connectivity index (χ2v) is 5.57. The van der Waals surface area contributed by atoms with Gasteiger partial charge in [0.2, 0.25) is 0 Å². The fraction of sp³-hybridized carbons (Fsp3) is 0.222. The molecule has 0 aliphatic rings. The van der Waals surface area contributed by atoms with Gasteiger partial charge in [0, 0.05) is 25.2 Å². The number of benzene rings is 2. The summed E-state index contributed by atoms with van der Waals surface area (Å²) >= 11 is 0. The van der Waals surface area contributed by atoms with Crippen LogP contribution in [-0.4, -0.2) is 35.4 Å². The Hall–Kier alpha value is -3.22. The molecule has 0 aromatic heterocycles. The molecular weight excluding hydrogens is 324 g/mol. The Balaban J connectivity index is 1.94. The average Bonchev–Trinajstić information content (AvgIpc) is 2.60. The summed E-state index contributed by atoms with van der Waals surface area (Å²) < 4.78 is 4.97. The van der Waals surface area contributed by atoms with Crippen LogP contribution in [0, 0.1) is 17.0 Å². The van der Waals surface area contributed by atoms with Gasteiger partial charge in [-0.3, -0.25) is 14.9 Å². The fourth-order valence-electron chi connectivity index (χ4n) is 2.20. The van der Waals surface area contributed by atoms with E-state index in [1.54, 1.807) is 14.0 Å². The number of nitro groups is 1. The summed E-state index contributed by atoms with van der Waals surface area (Å²) in [5.41, 5.74) is 1.27. The highest BCUT2D eigenvalue weighted by Crippen LogP contribution is 2.19. The fourth-order valence-corrected chi connectivity index (χ4v) is 2.20. The van der Waals surface area contributed by atoms with Crippen molar-refractivity contribution in [1.82, 2.24) is 4.90 Å². The molecule has 25 heavy (non-hydrogen) atoms. The third kappa shape index (κ3) is 4.87. The van der Waals surface area contributed by atoms with Crippen LogP contribution >= 0.6 is 0 Å². The van der Waals surface area contributed by atoms with Crippen molar-refractivity contribution in [2.75, 3.05) is 13.7 Å². The molecule has 0 aliphatic carbocycles. The second-order valence-electron chi connectivity index (χ2n) is 5.57. The van der Waals surface area contributed by atoms with Crippen molar-refractivity contribution in [3.05, 3.63) is 75.3 Å². The second kappa shape index (κ2) is 8.05. The summed E-state index contributed by atoms with van der Waals surface area (Å²) in [6.07, 6.45) is 0. The molecule has 0 radical (unpaired) electrons. The maximum Gasteiger partial charge on any atom is 0.338 e. The molecule has 0 aliphatic heterocycles. The van der Waals surface area contributed by atoms with Crippen LogP contribution in [0.25, 0.3) is 0 Å². The molecule has 2 aromatic carbocycles. The minimum Gasteiger partial charge on any atom is -0.452 e. The lowest BCUT2D eigenvalue weighted by molar-refractivity contribution is -0.385. The molecule has 0 saturated heterocycles. The van der Waals surface area contributed by atoms with Crippen molar-refractivity contribution in [2.45, 2.75) is 13.5 Å². The van der Waals surface area contributed by atoms with Gasteiger partial charge in [-0.25, -0.2) is 4.79 Å². The van der Waals surface area contributed by atoms with E-state index < -0.39 is 17.5 Å². The summed E-state index contributed by atoms with van der Waals surface area (Å²) in [7, 11) is 1.61. The molecule has 7 nitrogen and oxygen atoms in total. The van der Waals surface area contributed by atoms with Gasteiger partial charge in [0.25, 0.3) is 11.6 Å². The average molecular weight is 342 g/mol. The van der Waals surface area contributed by atoms with E-state index in [1.165, 1.54) is 17.0 Å². The van der Waals surface area contributed by atoms with Crippen LogP contribution in [0.3, 0.4) is 0 Å². The molecule has 0 N–H and O–H groups in total. The topological polar surface area (TPSA) is 89.8 Å². The largest absolute Gasteiger partial charge is 0.452 e. The molecule has 7 heteroatoms. The number of hydrogen-bond acceptors (Lipinski definition) is 5. The highest BCUT2D eigenvalue weighted by Gasteiger charge is 2.18. The van der Waals surface area contributed by atoms with Crippen LogP contribution < -0.4 is 0 Å². The van der Waals surface area contributed by atoms with Crippen LogP contribution in [-0.2, 0) is 16.1 Å². The van der Waals surface area contributed by atoms with E-state index in [0.29, 0.717) is 12.1 Å². The molecule has 2 rings (SSSR count). The van der Waals surface area contributed by atoms with Gasteiger partial charge in [-0.2, -0.15) is 0 Å². The number of carbonyl (C=O) groups is 2. The van der Waals surface area contributed by atoms with Gasteiger partial charge in [0.1, 0.15) is 0 Å². The lowest BCUT2D eigenvalue weighted by atomic mass is 10.1. The van der Waals surface area contributed by atoms with Gasteiger partial charge < -0.3 is 9.64 Å². The maximum absolute atomic E-state index is 12.1. The summed E-state index contributed by atoms with van der Waals surface area (Å²) in [6, 6.07) is 13.5. The molecule has 1 amide bonds. The first-order valence-corrected chi connectivity index (χ1v) is 7.58. The Morgan fingerprint density at radius 3 is 2.48 bits per heavy atom. The predicted molar refractivity (Wildman–Crippen MR) is 91.0 cm³/mol. The molecular formula is C18H18N2O5. The SMILES string of the molecule is Cc1ccc(C(=O)OCC(=O)N(C)Cc2ccccc2)cc1[N+](=O)[O-].